The lowest BCUT2D eigenvalue weighted by atomic mass is 9.99. The highest BCUT2D eigenvalue weighted by molar-refractivity contribution is 5.93. The monoisotopic (exact) mass is 360 g/mol. The summed E-state index contributed by atoms with van der Waals surface area (Å²) in [6, 6.07) is 4.28. The van der Waals surface area contributed by atoms with Crippen LogP contribution in [0.3, 0.4) is 0 Å². The average molecular weight is 360 g/mol. The van der Waals surface area contributed by atoms with Gasteiger partial charge in [-0.25, -0.2) is 4.98 Å². The number of nitrogens with one attached hydrogen (secondary N) is 1. The third kappa shape index (κ3) is 3.33. The lowest BCUT2D eigenvalue weighted by molar-refractivity contribution is 0.0238. The molecule has 2 aliphatic heterocycles. The number of hydrogen-bond donors (Lipinski definition) is 1. The predicted molar refractivity (Wildman–Crippen MR) is 95.8 cm³/mol. The van der Waals surface area contributed by atoms with Crippen LogP contribution < -0.4 is 5.32 Å². The van der Waals surface area contributed by atoms with E-state index in [1.807, 2.05) is 13.0 Å². The highest BCUT2D eigenvalue weighted by Crippen LogP contribution is 2.21. The van der Waals surface area contributed by atoms with E-state index in [0.717, 1.165) is 57.6 Å². The number of piperidine rings is 1. The number of halogens is 1. The van der Waals surface area contributed by atoms with Gasteiger partial charge in [0.05, 0.1) is 0 Å². The van der Waals surface area contributed by atoms with Crippen LogP contribution in [0.2, 0.25) is 0 Å². The third-order valence-electron chi connectivity index (χ3n) is 5.57. The zero-order valence-electron chi connectivity index (χ0n) is 15.1. The Morgan fingerprint density at radius 2 is 2.00 bits per heavy atom. The molecular formula is C19H25FN4O2. The Kier molecular flexibility index (Phi) is 4.91. The SMILES string of the molecule is Cc1cccn2c(F)c(C(=O)NC3CCN(C4CCOCC4)CC3)nc12. The van der Waals surface area contributed by atoms with Gasteiger partial charge >= 0.3 is 0 Å². The van der Waals surface area contributed by atoms with Gasteiger partial charge in [0.15, 0.2) is 5.69 Å². The number of imidazole rings is 1. The summed E-state index contributed by atoms with van der Waals surface area (Å²) in [4.78, 5) is 19.3. The largest absolute Gasteiger partial charge is 0.381 e. The molecule has 2 fully saturated rings. The molecule has 4 rings (SSSR count). The van der Waals surface area contributed by atoms with Gasteiger partial charge in [-0.05, 0) is 44.2 Å². The molecule has 0 radical (unpaired) electrons. The summed E-state index contributed by atoms with van der Waals surface area (Å²) < 4.78 is 21.3. The Morgan fingerprint density at radius 3 is 2.69 bits per heavy atom. The van der Waals surface area contributed by atoms with E-state index in [-0.39, 0.29) is 11.7 Å². The Balaban J connectivity index is 1.38. The summed E-state index contributed by atoms with van der Waals surface area (Å²) >= 11 is 0. The van der Waals surface area contributed by atoms with Crippen molar-refractivity contribution in [1.29, 1.82) is 0 Å². The highest BCUT2D eigenvalue weighted by atomic mass is 19.1. The molecular weight excluding hydrogens is 335 g/mol. The molecule has 6 nitrogen and oxygen atoms in total. The van der Waals surface area contributed by atoms with E-state index in [9.17, 15) is 9.18 Å². The summed E-state index contributed by atoms with van der Waals surface area (Å²) in [5.74, 6) is -1.02. The summed E-state index contributed by atoms with van der Waals surface area (Å²) in [5.41, 5.74) is 1.21. The van der Waals surface area contributed by atoms with Crippen LogP contribution in [0.15, 0.2) is 18.3 Å². The van der Waals surface area contributed by atoms with Gasteiger partial charge in [0, 0.05) is 44.6 Å². The molecule has 0 bridgehead atoms. The first-order valence-electron chi connectivity index (χ1n) is 9.39. The van der Waals surface area contributed by atoms with E-state index in [4.69, 9.17) is 4.74 Å². The number of likely N-dealkylation sites (tertiary alicyclic amines) is 1. The third-order valence-corrected chi connectivity index (χ3v) is 5.57. The summed E-state index contributed by atoms with van der Waals surface area (Å²) in [6.07, 6.45) is 5.54. The molecule has 1 N–H and O–H groups in total. The second kappa shape index (κ2) is 7.32. The van der Waals surface area contributed by atoms with E-state index < -0.39 is 11.9 Å². The van der Waals surface area contributed by atoms with E-state index in [1.165, 1.54) is 4.40 Å². The van der Waals surface area contributed by atoms with Gasteiger partial charge < -0.3 is 15.0 Å². The van der Waals surface area contributed by atoms with Crippen LogP contribution in [-0.2, 0) is 4.74 Å². The van der Waals surface area contributed by atoms with Crippen molar-refractivity contribution in [3.05, 3.63) is 35.5 Å². The minimum absolute atomic E-state index is 0.0731. The normalized spacial score (nSPS) is 20.5. The molecule has 4 heterocycles. The van der Waals surface area contributed by atoms with Crippen molar-refractivity contribution in [1.82, 2.24) is 19.6 Å². The van der Waals surface area contributed by atoms with Crippen molar-refractivity contribution in [3.8, 4) is 0 Å². The zero-order valence-corrected chi connectivity index (χ0v) is 15.1. The molecule has 26 heavy (non-hydrogen) atoms. The van der Waals surface area contributed by atoms with Crippen LogP contribution in [0.5, 0.6) is 0 Å². The standard InChI is InChI=1S/C19H25FN4O2/c1-13-3-2-8-24-17(20)16(22-18(13)24)19(25)21-14-4-9-23(10-5-14)15-6-11-26-12-7-15/h2-3,8,14-15H,4-7,9-12H2,1H3,(H,21,25). The number of rotatable bonds is 3. The minimum atomic E-state index is -0.596. The molecule has 7 heteroatoms. The molecule has 140 valence electrons. The maximum Gasteiger partial charge on any atom is 0.274 e. The van der Waals surface area contributed by atoms with Crippen molar-refractivity contribution >= 4 is 11.6 Å². The number of aryl methyl sites for hydroxylation is 1. The number of amides is 1. The maximum atomic E-state index is 14.5. The Bertz CT molecular complexity index is 792. The van der Waals surface area contributed by atoms with Crippen LogP contribution in [0.25, 0.3) is 5.65 Å². The van der Waals surface area contributed by atoms with Gasteiger partial charge in [0.2, 0.25) is 5.95 Å². The van der Waals surface area contributed by atoms with E-state index >= 15 is 0 Å². The van der Waals surface area contributed by atoms with Gasteiger partial charge in [-0.2, -0.15) is 4.39 Å². The molecule has 0 spiro atoms. The van der Waals surface area contributed by atoms with Crippen molar-refractivity contribution < 1.29 is 13.9 Å². The summed E-state index contributed by atoms with van der Waals surface area (Å²) in [5, 5.41) is 2.97. The zero-order chi connectivity index (χ0) is 18.1. The first kappa shape index (κ1) is 17.4. The quantitative estimate of drug-likeness (QED) is 0.911. The van der Waals surface area contributed by atoms with Crippen LogP contribution in [-0.4, -0.2) is 58.6 Å². The lowest BCUT2D eigenvalue weighted by Crippen LogP contribution is -2.49. The van der Waals surface area contributed by atoms with Gasteiger partial charge in [-0.15, -0.1) is 0 Å². The Labute approximate surface area is 152 Å². The van der Waals surface area contributed by atoms with E-state index in [2.05, 4.69) is 15.2 Å². The average Bonchev–Trinajstić information content (AvgIpc) is 3.01. The molecule has 1 amide bonds. The van der Waals surface area contributed by atoms with E-state index in [0.29, 0.717) is 11.7 Å². The Morgan fingerprint density at radius 1 is 1.27 bits per heavy atom. The maximum absolute atomic E-state index is 14.5. The second-order valence-corrected chi connectivity index (χ2v) is 7.26. The number of carbonyl (C=O) groups excluding carboxylic acids is 1. The molecule has 2 saturated heterocycles. The van der Waals surface area contributed by atoms with Gasteiger partial charge in [0.25, 0.3) is 5.91 Å². The molecule has 0 aliphatic carbocycles. The van der Waals surface area contributed by atoms with Gasteiger partial charge in [0.1, 0.15) is 5.65 Å². The predicted octanol–water partition coefficient (Wildman–Crippen LogP) is 2.16. The van der Waals surface area contributed by atoms with Crippen LogP contribution >= 0.6 is 0 Å². The van der Waals surface area contributed by atoms with E-state index in [1.54, 1.807) is 12.3 Å². The van der Waals surface area contributed by atoms with Crippen LogP contribution in [0, 0.1) is 12.9 Å². The lowest BCUT2D eigenvalue weighted by Gasteiger charge is -2.39. The minimum Gasteiger partial charge on any atom is -0.381 e. The second-order valence-electron chi connectivity index (χ2n) is 7.26. The number of pyridine rings is 1. The molecule has 0 unspecified atom stereocenters. The first-order valence-corrected chi connectivity index (χ1v) is 9.39. The van der Waals surface area contributed by atoms with Gasteiger partial charge in [-0.3, -0.25) is 9.20 Å². The molecule has 2 aliphatic rings. The highest BCUT2D eigenvalue weighted by Gasteiger charge is 2.28. The fourth-order valence-corrected chi connectivity index (χ4v) is 4.03. The molecule has 2 aromatic rings. The molecule has 2 aromatic heterocycles. The van der Waals surface area contributed by atoms with Crippen LogP contribution in [0.4, 0.5) is 4.39 Å². The first-order chi connectivity index (χ1) is 12.6. The molecule has 0 saturated carbocycles. The fourth-order valence-electron chi connectivity index (χ4n) is 4.03. The number of ether oxygens (including phenoxy) is 1. The number of aromatic nitrogens is 2. The van der Waals surface area contributed by atoms with Gasteiger partial charge in [-0.1, -0.05) is 6.07 Å². The van der Waals surface area contributed by atoms with Crippen molar-refractivity contribution in [2.45, 2.75) is 44.7 Å². The number of fused-ring (bicyclic) bond motifs is 1. The van der Waals surface area contributed by atoms with Crippen molar-refractivity contribution in [2.75, 3.05) is 26.3 Å². The number of hydrogen-bond acceptors (Lipinski definition) is 4. The van der Waals surface area contributed by atoms with Crippen molar-refractivity contribution in [3.63, 3.8) is 0 Å². The number of nitrogens with zero attached hydrogens (tertiary/aromatic N) is 3. The summed E-state index contributed by atoms with van der Waals surface area (Å²) in [6.45, 7) is 5.46. The Hall–Kier alpha value is -1.99. The molecule has 0 atom stereocenters. The summed E-state index contributed by atoms with van der Waals surface area (Å²) in [7, 11) is 0. The smallest absolute Gasteiger partial charge is 0.274 e. The molecule has 0 aromatic carbocycles. The van der Waals surface area contributed by atoms with Crippen molar-refractivity contribution in [2.24, 2.45) is 0 Å². The fraction of sp³-hybridized carbons (Fsp3) is 0.579. The number of carbonyl (C=O) groups is 1. The van der Waals surface area contributed by atoms with Crippen LogP contribution in [0.1, 0.15) is 41.7 Å². The topological polar surface area (TPSA) is 58.9 Å².